The van der Waals surface area contributed by atoms with E-state index in [0.29, 0.717) is 24.3 Å². The molecule has 6 heteroatoms. The third kappa shape index (κ3) is 2.37. The highest BCUT2D eigenvalue weighted by atomic mass is 16.4. The summed E-state index contributed by atoms with van der Waals surface area (Å²) in [7, 11) is 0. The molecule has 1 saturated heterocycles. The fourth-order valence-corrected chi connectivity index (χ4v) is 2.83. The number of carboxylic acid groups (broad SMARTS) is 1. The molecule has 1 atom stereocenters. The summed E-state index contributed by atoms with van der Waals surface area (Å²) in [6.07, 6.45) is 3.86. The second-order valence-corrected chi connectivity index (χ2v) is 5.37. The number of hydrogen-bond donors (Lipinski definition) is 1. The van der Waals surface area contributed by atoms with Gasteiger partial charge in [0.2, 0.25) is 0 Å². The largest absolute Gasteiger partial charge is 0.480 e. The maximum Gasteiger partial charge on any atom is 0.326 e. The van der Waals surface area contributed by atoms with Gasteiger partial charge in [-0.2, -0.15) is 0 Å². The van der Waals surface area contributed by atoms with Crippen LogP contribution in [-0.2, 0) is 4.79 Å². The van der Waals surface area contributed by atoms with Crippen LogP contribution in [0.4, 0.5) is 0 Å². The molecule has 1 unspecified atom stereocenters. The monoisotopic (exact) mass is 287 g/mol. The fourth-order valence-electron chi connectivity index (χ4n) is 2.83. The van der Waals surface area contributed by atoms with Gasteiger partial charge in [-0.3, -0.25) is 4.79 Å². The van der Waals surface area contributed by atoms with Gasteiger partial charge in [0.15, 0.2) is 0 Å². The van der Waals surface area contributed by atoms with Crippen LogP contribution in [0, 0.1) is 6.92 Å². The van der Waals surface area contributed by atoms with E-state index < -0.39 is 12.0 Å². The van der Waals surface area contributed by atoms with E-state index >= 15 is 0 Å². The number of rotatable bonds is 2. The molecule has 0 saturated carbocycles. The van der Waals surface area contributed by atoms with E-state index in [4.69, 9.17) is 0 Å². The number of carboxylic acids is 1. The van der Waals surface area contributed by atoms with Gasteiger partial charge < -0.3 is 14.4 Å². The molecule has 110 valence electrons. The molecule has 1 fully saturated rings. The Hall–Kier alpha value is -2.37. The summed E-state index contributed by atoms with van der Waals surface area (Å²) in [5, 5.41) is 9.27. The van der Waals surface area contributed by atoms with Gasteiger partial charge in [-0.1, -0.05) is 6.07 Å². The molecule has 21 heavy (non-hydrogen) atoms. The lowest BCUT2D eigenvalue weighted by Gasteiger charge is -2.32. The van der Waals surface area contributed by atoms with E-state index in [2.05, 4.69) is 4.98 Å². The van der Waals surface area contributed by atoms with Crippen molar-refractivity contribution in [1.29, 1.82) is 0 Å². The molecule has 1 N–H and O–H groups in total. The number of likely N-dealkylation sites (tertiary alicyclic amines) is 1. The van der Waals surface area contributed by atoms with Gasteiger partial charge in [0.25, 0.3) is 5.91 Å². The lowest BCUT2D eigenvalue weighted by molar-refractivity contribution is -0.143. The molecule has 1 aliphatic rings. The van der Waals surface area contributed by atoms with Crippen molar-refractivity contribution in [3.63, 3.8) is 0 Å². The molecule has 0 spiro atoms. The van der Waals surface area contributed by atoms with Crippen molar-refractivity contribution in [2.75, 3.05) is 6.54 Å². The van der Waals surface area contributed by atoms with E-state index in [9.17, 15) is 14.7 Å². The number of pyridine rings is 1. The first-order chi connectivity index (χ1) is 10.1. The molecule has 0 aliphatic carbocycles. The predicted octanol–water partition coefficient (Wildman–Crippen LogP) is 1.72. The number of imidazole rings is 1. The van der Waals surface area contributed by atoms with Gasteiger partial charge in [0.05, 0.1) is 0 Å². The Bertz CT molecular complexity index is 707. The Morgan fingerprint density at radius 2 is 2.14 bits per heavy atom. The van der Waals surface area contributed by atoms with Crippen molar-refractivity contribution in [1.82, 2.24) is 14.3 Å². The van der Waals surface area contributed by atoms with E-state index in [1.54, 1.807) is 6.20 Å². The van der Waals surface area contributed by atoms with Crippen LogP contribution in [-0.4, -0.2) is 43.9 Å². The van der Waals surface area contributed by atoms with Gasteiger partial charge in [-0.25, -0.2) is 9.78 Å². The number of hydrogen-bond acceptors (Lipinski definition) is 3. The van der Waals surface area contributed by atoms with E-state index in [-0.39, 0.29) is 5.91 Å². The number of aryl methyl sites for hydroxylation is 1. The molecule has 2 aromatic heterocycles. The summed E-state index contributed by atoms with van der Waals surface area (Å²) in [5.74, 6) is -1.24. The third-order valence-electron chi connectivity index (χ3n) is 3.96. The number of carbonyl (C=O) groups is 2. The average Bonchev–Trinajstić information content (AvgIpc) is 2.92. The molecular formula is C15H17N3O3. The van der Waals surface area contributed by atoms with Crippen molar-refractivity contribution < 1.29 is 14.7 Å². The lowest BCUT2D eigenvalue weighted by Crippen LogP contribution is -2.48. The molecule has 6 nitrogen and oxygen atoms in total. The molecule has 1 aliphatic heterocycles. The van der Waals surface area contributed by atoms with Gasteiger partial charge in [-0.05, 0) is 38.3 Å². The van der Waals surface area contributed by atoms with Gasteiger partial charge in [-0.15, -0.1) is 0 Å². The third-order valence-corrected chi connectivity index (χ3v) is 3.96. The summed E-state index contributed by atoms with van der Waals surface area (Å²) >= 11 is 0. The first-order valence-corrected chi connectivity index (χ1v) is 7.06. The minimum atomic E-state index is -0.942. The van der Waals surface area contributed by atoms with Gasteiger partial charge in [0.1, 0.15) is 17.4 Å². The zero-order valence-corrected chi connectivity index (χ0v) is 11.8. The summed E-state index contributed by atoms with van der Waals surface area (Å²) in [5.41, 5.74) is 1.98. The molecule has 2 aromatic rings. The molecule has 1 amide bonds. The molecule has 0 radical (unpaired) electrons. The number of amides is 1. The minimum absolute atomic E-state index is 0.301. The molecule has 0 bridgehead atoms. The first-order valence-electron chi connectivity index (χ1n) is 7.06. The fraction of sp³-hybridized carbons (Fsp3) is 0.400. The second-order valence-electron chi connectivity index (χ2n) is 5.37. The second kappa shape index (κ2) is 5.20. The Morgan fingerprint density at radius 1 is 1.33 bits per heavy atom. The SMILES string of the molecule is Cc1cccc2nc(C(=O)N3CCCCC3C(=O)O)cn12. The Morgan fingerprint density at radius 3 is 2.86 bits per heavy atom. The topological polar surface area (TPSA) is 74.9 Å². The van der Waals surface area contributed by atoms with Crippen molar-refractivity contribution in [2.24, 2.45) is 0 Å². The van der Waals surface area contributed by atoms with E-state index in [1.165, 1.54) is 4.90 Å². The van der Waals surface area contributed by atoms with Crippen molar-refractivity contribution in [2.45, 2.75) is 32.2 Å². The Balaban J connectivity index is 1.95. The Kier molecular flexibility index (Phi) is 3.37. The Labute approximate surface area is 122 Å². The minimum Gasteiger partial charge on any atom is -0.480 e. The van der Waals surface area contributed by atoms with Crippen LogP contribution >= 0.6 is 0 Å². The number of aromatic nitrogens is 2. The van der Waals surface area contributed by atoms with Crippen LogP contribution in [0.5, 0.6) is 0 Å². The number of nitrogens with zero attached hydrogens (tertiary/aromatic N) is 3. The number of carbonyl (C=O) groups excluding carboxylic acids is 1. The number of fused-ring (bicyclic) bond motifs is 1. The van der Waals surface area contributed by atoms with Crippen LogP contribution in [0.15, 0.2) is 24.4 Å². The van der Waals surface area contributed by atoms with Gasteiger partial charge in [0, 0.05) is 18.4 Å². The maximum absolute atomic E-state index is 12.6. The lowest BCUT2D eigenvalue weighted by atomic mass is 10.0. The van der Waals surface area contributed by atoms with Crippen LogP contribution in [0.3, 0.4) is 0 Å². The van der Waals surface area contributed by atoms with Crippen LogP contribution in [0.2, 0.25) is 0 Å². The smallest absolute Gasteiger partial charge is 0.326 e. The highest BCUT2D eigenvalue weighted by Gasteiger charge is 2.33. The first kappa shape index (κ1) is 13.6. The quantitative estimate of drug-likeness (QED) is 0.912. The van der Waals surface area contributed by atoms with E-state index in [1.807, 2.05) is 29.5 Å². The summed E-state index contributed by atoms with van der Waals surface area (Å²) in [6, 6.07) is 4.91. The zero-order valence-electron chi connectivity index (χ0n) is 11.8. The van der Waals surface area contributed by atoms with Crippen LogP contribution in [0.1, 0.15) is 35.4 Å². The number of aliphatic carboxylic acids is 1. The van der Waals surface area contributed by atoms with Crippen molar-refractivity contribution >= 4 is 17.5 Å². The molecule has 3 heterocycles. The summed E-state index contributed by atoms with van der Waals surface area (Å²) < 4.78 is 1.84. The zero-order chi connectivity index (χ0) is 15.0. The molecular weight excluding hydrogens is 270 g/mol. The predicted molar refractivity (Wildman–Crippen MR) is 76.2 cm³/mol. The molecule has 0 aromatic carbocycles. The van der Waals surface area contributed by atoms with Crippen molar-refractivity contribution in [3.05, 3.63) is 35.8 Å². The highest BCUT2D eigenvalue weighted by molar-refractivity contribution is 5.95. The summed E-state index contributed by atoms with van der Waals surface area (Å²) in [4.78, 5) is 29.6. The highest BCUT2D eigenvalue weighted by Crippen LogP contribution is 2.20. The normalized spacial score (nSPS) is 18.9. The molecule has 3 rings (SSSR count). The van der Waals surface area contributed by atoms with Gasteiger partial charge >= 0.3 is 5.97 Å². The van der Waals surface area contributed by atoms with Crippen molar-refractivity contribution in [3.8, 4) is 0 Å². The standard InChI is InChI=1S/C15H17N3O3/c1-10-5-4-7-13-16-11(9-18(10)13)14(19)17-8-3-2-6-12(17)15(20)21/h4-5,7,9,12H,2-3,6,8H2,1H3,(H,20,21). The van der Waals surface area contributed by atoms with E-state index in [0.717, 1.165) is 18.5 Å². The summed E-state index contributed by atoms with van der Waals surface area (Å²) in [6.45, 7) is 2.41. The average molecular weight is 287 g/mol. The van der Waals surface area contributed by atoms with Crippen LogP contribution < -0.4 is 0 Å². The maximum atomic E-state index is 12.6. The van der Waals surface area contributed by atoms with Crippen LogP contribution in [0.25, 0.3) is 5.65 Å². The number of piperidine rings is 1.